The molecule has 0 radical (unpaired) electrons. The quantitative estimate of drug-likeness (QED) is 0.214. The van der Waals surface area contributed by atoms with Gasteiger partial charge in [-0.1, -0.05) is 31.2 Å². The van der Waals surface area contributed by atoms with Crippen molar-refractivity contribution in [1.29, 1.82) is 0 Å². The van der Waals surface area contributed by atoms with Gasteiger partial charge < -0.3 is 10.1 Å². The highest BCUT2D eigenvalue weighted by Gasteiger charge is 2.14. The number of halogens is 1. The largest absolute Gasteiger partial charge is 0.494 e. The first-order valence-corrected chi connectivity index (χ1v) is 12.7. The van der Waals surface area contributed by atoms with Crippen LogP contribution >= 0.6 is 11.8 Å². The van der Waals surface area contributed by atoms with Gasteiger partial charge in [0.2, 0.25) is 5.91 Å². The van der Waals surface area contributed by atoms with Crippen LogP contribution in [0.15, 0.2) is 66.1 Å². The molecule has 10 heteroatoms. The highest BCUT2D eigenvalue weighted by Crippen LogP contribution is 2.26. The number of amides is 1. The molecule has 5 rings (SSSR count). The van der Waals surface area contributed by atoms with Gasteiger partial charge in [-0.25, -0.2) is 8.91 Å². The molecule has 0 saturated carbocycles. The summed E-state index contributed by atoms with van der Waals surface area (Å²) in [5.41, 5.74) is 4.17. The van der Waals surface area contributed by atoms with E-state index in [9.17, 15) is 9.18 Å². The number of rotatable bonds is 9. The van der Waals surface area contributed by atoms with E-state index in [0.29, 0.717) is 28.7 Å². The molecule has 1 N–H and O–H groups in total. The van der Waals surface area contributed by atoms with E-state index in [1.54, 1.807) is 23.6 Å². The Bertz CT molecular complexity index is 1530. The maximum absolute atomic E-state index is 13.7. The van der Waals surface area contributed by atoms with Gasteiger partial charge in [0.1, 0.15) is 17.1 Å². The number of aryl methyl sites for hydroxylation is 1. The van der Waals surface area contributed by atoms with Crippen LogP contribution < -0.4 is 10.1 Å². The van der Waals surface area contributed by atoms with Gasteiger partial charge in [-0.3, -0.25) is 9.20 Å². The molecule has 0 spiro atoms. The average molecular weight is 505 g/mol. The Hall–Kier alpha value is -3.92. The number of aromatic nitrogens is 5. The molecule has 0 aliphatic rings. The first-order chi connectivity index (χ1) is 17.5. The molecule has 0 bridgehead atoms. The number of carbonyl (C=O) groups is 1. The number of nitrogens with one attached hydrogen (secondary N) is 1. The predicted octanol–water partition coefficient (Wildman–Crippen LogP) is 5.40. The summed E-state index contributed by atoms with van der Waals surface area (Å²) in [6.45, 7) is 4.52. The monoisotopic (exact) mass is 504 g/mol. The fourth-order valence-electron chi connectivity index (χ4n) is 3.68. The van der Waals surface area contributed by atoms with E-state index in [4.69, 9.17) is 4.74 Å². The number of thioether (sulfide) groups is 1. The topological polar surface area (TPSA) is 85.8 Å². The molecule has 0 aliphatic heterocycles. The minimum atomic E-state index is -0.357. The van der Waals surface area contributed by atoms with Crippen molar-refractivity contribution in [2.24, 2.45) is 0 Å². The van der Waals surface area contributed by atoms with Gasteiger partial charge in [0.05, 0.1) is 18.1 Å². The average Bonchev–Trinajstić information content (AvgIpc) is 3.50. The lowest BCUT2D eigenvalue weighted by Gasteiger charge is -2.06. The molecule has 184 valence electrons. The van der Waals surface area contributed by atoms with E-state index in [0.717, 1.165) is 35.4 Å². The summed E-state index contributed by atoms with van der Waals surface area (Å²) in [5.74, 6) is 0.340. The number of anilines is 1. The van der Waals surface area contributed by atoms with Gasteiger partial charge in [-0.15, -0.1) is 10.2 Å². The fourth-order valence-corrected chi connectivity index (χ4v) is 4.40. The summed E-state index contributed by atoms with van der Waals surface area (Å²) in [6.07, 6.45) is 5.77. The summed E-state index contributed by atoms with van der Waals surface area (Å²) < 4.78 is 23.1. The molecule has 0 fully saturated rings. The van der Waals surface area contributed by atoms with Gasteiger partial charge in [0.15, 0.2) is 10.8 Å². The highest BCUT2D eigenvalue weighted by atomic mass is 32.2. The Morgan fingerprint density at radius 3 is 2.72 bits per heavy atom. The van der Waals surface area contributed by atoms with Gasteiger partial charge in [0, 0.05) is 23.6 Å². The summed E-state index contributed by atoms with van der Waals surface area (Å²) >= 11 is 1.25. The van der Waals surface area contributed by atoms with Crippen molar-refractivity contribution < 1.29 is 13.9 Å². The minimum absolute atomic E-state index is 0.110. The number of fused-ring (bicyclic) bond motifs is 3. The van der Waals surface area contributed by atoms with Crippen LogP contribution in [0.5, 0.6) is 5.75 Å². The van der Waals surface area contributed by atoms with Crippen LogP contribution in [0.3, 0.4) is 0 Å². The standard InChI is InChI=1S/C26H25FN6O2S/c1-3-4-13-35-20-9-6-18(7-10-20)22-15-23-25-29-30-26(32(25)11-12-33(23)31-22)36-16-24(34)28-19-8-5-17(2)21(27)14-19/h5-12,14-15H,3-4,13,16H2,1-2H3,(H,28,34). The molecular weight excluding hydrogens is 479 g/mol. The molecule has 36 heavy (non-hydrogen) atoms. The van der Waals surface area contributed by atoms with Gasteiger partial charge >= 0.3 is 0 Å². The molecule has 5 aromatic rings. The van der Waals surface area contributed by atoms with Crippen LogP contribution in [-0.4, -0.2) is 42.5 Å². The maximum atomic E-state index is 13.7. The van der Waals surface area contributed by atoms with Crippen LogP contribution in [0.2, 0.25) is 0 Å². The Morgan fingerprint density at radius 1 is 1.11 bits per heavy atom. The lowest BCUT2D eigenvalue weighted by Crippen LogP contribution is -2.14. The lowest BCUT2D eigenvalue weighted by molar-refractivity contribution is -0.113. The number of hydrogen-bond acceptors (Lipinski definition) is 6. The van der Waals surface area contributed by atoms with Crippen molar-refractivity contribution in [3.8, 4) is 17.0 Å². The Balaban J connectivity index is 1.30. The smallest absolute Gasteiger partial charge is 0.234 e. The third-order valence-electron chi connectivity index (χ3n) is 5.69. The first-order valence-electron chi connectivity index (χ1n) is 11.7. The van der Waals surface area contributed by atoms with E-state index in [-0.39, 0.29) is 17.5 Å². The third kappa shape index (κ3) is 5.03. The zero-order chi connectivity index (χ0) is 25.1. The van der Waals surface area contributed by atoms with Crippen molar-refractivity contribution in [2.45, 2.75) is 31.8 Å². The zero-order valence-corrected chi connectivity index (χ0v) is 20.8. The van der Waals surface area contributed by atoms with Crippen molar-refractivity contribution in [1.82, 2.24) is 24.2 Å². The predicted molar refractivity (Wildman–Crippen MR) is 138 cm³/mol. The van der Waals surface area contributed by atoms with E-state index in [2.05, 4.69) is 27.5 Å². The molecule has 0 atom stereocenters. The summed E-state index contributed by atoms with van der Waals surface area (Å²) in [6, 6.07) is 14.5. The second kappa shape index (κ2) is 10.4. The molecule has 1 amide bonds. The molecule has 8 nitrogen and oxygen atoms in total. The summed E-state index contributed by atoms with van der Waals surface area (Å²) in [4.78, 5) is 12.4. The van der Waals surface area contributed by atoms with Gasteiger partial charge in [0.25, 0.3) is 0 Å². The molecule has 3 aromatic heterocycles. The number of ether oxygens (including phenoxy) is 1. The first kappa shape index (κ1) is 23.8. The van der Waals surface area contributed by atoms with Crippen molar-refractivity contribution in [2.75, 3.05) is 17.7 Å². The van der Waals surface area contributed by atoms with Crippen LogP contribution in [0, 0.1) is 12.7 Å². The SMILES string of the molecule is CCCCOc1ccc(-c2cc3c4nnc(SCC(=O)Nc5ccc(C)c(F)c5)n4ccn3n2)cc1. The highest BCUT2D eigenvalue weighted by molar-refractivity contribution is 7.99. The third-order valence-corrected chi connectivity index (χ3v) is 6.63. The minimum Gasteiger partial charge on any atom is -0.494 e. The van der Waals surface area contributed by atoms with Crippen molar-refractivity contribution >= 4 is 34.5 Å². The summed E-state index contributed by atoms with van der Waals surface area (Å²) in [7, 11) is 0. The number of carbonyl (C=O) groups excluding carboxylic acids is 1. The fraction of sp³-hybridized carbons (Fsp3) is 0.231. The van der Waals surface area contributed by atoms with E-state index in [1.807, 2.05) is 47.1 Å². The molecule has 2 aromatic carbocycles. The normalized spacial score (nSPS) is 11.3. The van der Waals surface area contributed by atoms with Crippen molar-refractivity contribution in [3.05, 3.63) is 72.3 Å². The number of nitrogens with zero attached hydrogens (tertiary/aromatic N) is 5. The zero-order valence-electron chi connectivity index (χ0n) is 19.9. The molecule has 0 unspecified atom stereocenters. The number of benzene rings is 2. The molecule has 3 heterocycles. The van der Waals surface area contributed by atoms with Crippen LogP contribution in [0.4, 0.5) is 10.1 Å². The lowest BCUT2D eigenvalue weighted by atomic mass is 10.1. The molecular formula is C26H25FN6O2S. The Morgan fingerprint density at radius 2 is 1.94 bits per heavy atom. The maximum Gasteiger partial charge on any atom is 0.234 e. The number of unbranched alkanes of at least 4 members (excludes halogenated alkanes) is 1. The second-order valence-electron chi connectivity index (χ2n) is 8.36. The molecule has 0 aliphatic carbocycles. The number of hydrogen-bond donors (Lipinski definition) is 1. The van der Waals surface area contributed by atoms with E-state index < -0.39 is 0 Å². The van der Waals surface area contributed by atoms with E-state index >= 15 is 0 Å². The van der Waals surface area contributed by atoms with Crippen molar-refractivity contribution in [3.63, 3.8) is 0 Å². The Kier molecular flexibility index (Phi) is 6.86. The van der Waals surface area contributed by atoms with Gasteiger partial charge in [-0.2, -0.15) is 5.10 Å². The van der Waals surface area contributed by atoms with Crippen LogP contribution in [0.1, 0.15) is 25.3 Å². The van der Waals surface area contributed by atoms with E-state index in [1.165, 1.54) is 17.8 Å². The summed E-state index contributed by atoms with van der Waals surface area (Å²) in [5, 5.41) is 16.5. The Labute approximate surface area is 211 Å². The van der Waals surface area contributed by atoms with Gasteiger partial charge in [-0.05, 0) is 61.4 Å². The second-order valence-corrected chi connectivity index (χ2v) is 9.30. The van der Waals surface area contributed by atoms with Crippen LogP contribution in [0.25, 0.3) is 22.4 Å². The van der Waals surface area contributed by atoms with Crippen LogP contribution in [-0.2, 0) is 4.79 Å². The molecule has 0 saturated heterocycles.